The van der Waals surface area contributed by atoms with Crippen LogP contribution >= 0.6 is 0 Å². The number of carbonyl (C=O) groups excluding carboxylic acids is 1. The number of fused-ring (bicyclic) bond motifs is 3. The van der Waals surface area contributed by atoms with Crippen LogP contribution in [0.25, 0.3) is 11.3 Å². The smallest absolute Gasteiger partial charge is 0.272 e. The van der Waals surface area contributed by atoms with E-state index in [1.807, 2.05) is 17.0 Å². The van der Waals surface area contributed by atoms with Gasteiger partial charge in [0.15, 0.2) is 5.82 Å². The van der Waals surface area contributed by atoms with E-state index in [1.54, 1.807) is 7.11 Å². The predicted molar refractivity (Wildman–Crippen MR) is 127 cm³/mol. The van der Waals surface area contributed by atoms with Gasteiger partial charge in [-0.2, -0.15) is 10.1 Å². The van der Waals surface area contributed by atoms with Crippen LogP contribution in [0.2, 0.25) is 0 Å². The second-order valence-electron chi connectivity index (χ2n) is 9.82. The average Bonchev–Trinajstić information content (AvgIpc) is 3.56. The zero-order chi connectivity index (χ0) is 23.8. The standard InChI is InChI=1S/C26H31N5O4/c1-33-19-3-5-20-18(15-19)2-4-21-23(20)28-29-24(21)26(32)31-10-6-16(7-11-31)14-22-27-25(30-35-22)17-8-12-34-13-9-17/h3,5,15-17H,2,4,6-14H2,1H3,(H,28,29). The first-order valence-corrected chi connectivity index (χ1v) is 12.6. The molecule has 9 nitrogen and oxygen atoms in total. The van der Waals surface area contributed by atoms with Crippen molar-refractivity contribution >= 4 is 5.91 Å². The van der Waals surface area contributed by atoms with Crippen molar-refractivity contribution in [2.75, 3.05) is 33.4 Å². The Balaban J connectivity index is 1.08. The van der Waals surface area contributed by atoms with Crippen LogP contribution in [-0.4, -0.2) is 64.6 Å². The van der Waals surface area contributed by atoms with Crippen molar-refractivity contribution < 1.29 is 18.8 Å². The number of benzene rings is 1. The maximum absolute atomic E-state index is 13.4. The Bertz CT molecular complexity index is 1200. The third kappa shape index (κ3) is 4.33. The number of amides is 1. The number of aryl methyl sites for hydroxylation is 1. The number of piperidine rings is 1. The number of hydrogen-bond acceptors (Lipinski definition) is 7. The van der Waals surface area contributed by atoms with Crippen molar-refractivity contribution in [1.82, 2.24) is 25.2 Å². The molecule has 1 aromatic carbocycles. The number of ether oxygens (including phenoxy) is 2. The minimum Gasteiger partial charge on any atom is -0.497 e. The monoisotopic (exact) mass is 477 g/mol. The van der Waals surface area contributed by atoms with E-state index in [9.17, 15) is 4.79 Å². The number of nitrogens with one attached hydrogen (secondary N) is 1. The molecule has 3 aliphatic rings. The van der Waals surface area contributed by atoms with E-state index in [0.717, 1.165) is 99.6 Å². The van der Waals surface area contributed by atoms with Crippen molar-refractivity contribution in [1.29, 1.82) is 0 Å². The normalized spacial score (nSPS) is 18.8. The van der Waals surface area contributed by atoms with Gasteiger partial charge in [0.25, 0.3) is 5.91 Å². The summed E-state index contributed by atoms with van der Waals surface area (Å²) in [6.45, 7) is 2.99. The highest BCUT2D eigenvalue weighted by Gasteiger charge is 2.31. The molecular weight excluding hydrogens is 446 g/mol. The summed E-state index contributed by atoms with van der Waals surface area (Å²) in [4.78, 5) is 20.0. The lowest BCUT2D eigenvalue weighted by Gasteiger charge is -2.31. The van der Waals surface area contributed by atoms with E-state index in [1.165, 1.54) is 5.56 Å². The summed E-state index contributed by atoms with van der Waals surface area (Å²) in [7, 11) is 1.68. The van der Waals surface area contributed by atoms with E-state index in [-0.39, 0.29) is 5.91 Å². The summed E-state index contributed by atoms with van der Waals surface area (Å²) in [5, 5.41) is 11.8. The predicted octanol–water partition coefficient (Wildman–Crippen LogP) is 3.56. The largest absolute Gasteiger partial charge is 0.497 e. The Morgan fingerprint density at radius 2 is 2.00 bits per heavy atom. The minimum absolute atomic E-state index is 0.0498. The molecule has 6 rings (SSSR count). The van der Waals surface area contributed by atoms with E-state index in [2.05, 4.69) is 26.4 Å². The van der Waals surface area contributed by atoms with Gasteiger partial charge in [0, 0.05) is 49.8 Å². The molecule has 4 heterocycles. The van der Waals surface area contributed by atoms with Crippen LogP contribution in [0.15, 0.2) is 22.7 Å². The Morgan fingerprint density at radius 3 is 2.80 bits per heavy atom. The van der Waals surface area contributed by atoms with Gasteiger partial charge in [-0.3, -0.25) is 9.89 Å². The summed E-state index contributed by atoms with van der Waals surface area (Å²) < 4.78 is 16.3. The maximum Gasteiger partial charge on any atom is 0.272 e. The second kappa shape index (κ2) is 9.45. The number of carbonyl (C=O) groups is 1. The molecule has 9 heteroatoms. The third-order valence-corrected chi connectivity index (χ3v) is 7.73. The molecule has 35 heavy (non-hydrogen) atoms. The fourth-order valence-electron chi connectivity index (χ4n) is 5.62. The number of aromatic amines is 1. The Labute approximate surface area is 204 Å². The van der Waals surface area contributed by atoms with E-state index >= 15 is 0 Å². The van der Waals surface area contributed by atoms with Crippen LogP contribution < -0.4 is 4.74 Å². The summed E-state index contributed by atoms with van der Waals surface area (Å²) in [5.41, 5.74) is 4.85. The molecule has 184 valence electrons. The van der Waals surface area contributed by atoms with Gasteiger partial charge in [-0.15, -0.1) is 0 Å². The van der Waals surface area contributed by atoms with Gasteiger partial charge < -0.3 is 18.9 Å². The minimum atomic E-state index is 0.0498. The van der Waals surface area contributed by atoms with Gasteiger partial charge in [0.05, 0.1) is 12.8 Å². The lowest BCUT2D eigenvalue weighted by atomic mass is 9.88. The van der Waals surface area contributed by atoms with Crippen LogP contribution in [-0.2, 0) is 24.0 Å². The molecule has 1 aliphatic carbocycles. The van der Waals surface area contributed by atoms with Crippen LogP contribution in [0.5, 0.6) is 5.75 Å². The molecule has 0 spiro atoms. The molecule has 2 fully saturated rings. The lowest BCUT2D eigenvalue weighted by Crippen LogP contribution is -2.39. The van der Waals surface area contributed by atoms with Crippen molar-refractivity contribution in [3.05, 3.63) is 46.7 Å². The van der Waals surface area contributed by atoms with E-state index < -0.39 is 0 Å². The third-order valence-electron chi connectivity index (χ3n) is 7.73. The first-order valence-electron chi connectivity index (χ1n) is 12.6. The summed E-state index contributed by atoms with van der Waals surface area (Å²) in [6, 6.07) is 6.05. The van der Waals surface area contributed by atoms with Crippen molar-refractivity contribution in [3.63, 3.8) is 0 Å². The Hall–Kier alpha value is -3.20. The molecule has 0 unspecified atom stereocenters. The molecule has 2 saturated heterocycles. The Kier molecular flexibility index (Phi) is 6.01. The fourth-order valence-corrected chi connectivity index (χ4v) is 5.62. The van der Waals surface area contributed by atoms with Gasteiger partial charge in [0.1, 0.15) is 11.4 Å². The number of hydrogen-bond donors (Lipinski definition) is 1. The van der Waals surface area contributed by atoms with Crippen LogP contribution in [0.1, 0.15) is 64.9 Å². The van der Waals surface area contributed by atoms with Crippen LogP contribution in [0.4, 0.5) is 0 Å². The highest BCUT2D eigenvalue weighted by atomic mass is 16.5. The molecule has 0 radical (unpaired) electrons. The molecule has 2 aromatic heterocycles. The molecule has 0 bridgehead atoms. The molecule has 2 aliphatic heterocycles. The van der Waals surface area contributed by atoms with Crippen LogP contribution in [0, 0.1) is 5.92 Å². The lowest BCUT2D eigenvalue weighted by molar-refractivity contribution is 0.0680. The average molecular weight is 478 g/mol. The Morgan fingerprint density at radius 1 is 1.17 bits per heavy atom. The maximum atomic E-state index is 13.4. The number of rotatable bonds is 5. The van der Waals surface area contributed by atoms with Crippen molar-refractivity contribution in [2.45, 2.75) is 50.9 Å². The summed E-state index contributed by atoms with van der Waals surface area (Å²) in [6.07, 6.45) is 6.22. The zero-order valence-corrected chi connectivity index (χ0v) is 20.1. The molecular formula is C26H31N5O4. The van der Waals surface area contributed by atoms with Gasteiger partial charge in [-0.05, 0) is 68.2 Å². The molecule has 1 amide bonds. The number of likely N-dealkylation sites (tertiary alicyclic amines) is 1. The van der Waals surface area contributed by atoms with Crippen LogP contribution in [0.3, 0.4) is 0 Å². The van der Waals surface area contributed by atoms with Gasteiger partial charge in [0.2, 0.25) is 5.89 Å². The highest BCUT2D eigenvalue weighted by Crippen LogP contribution is 2.36. The first kappa shape index (κ1) is 22.3. The van der Waals surface area contributed by atoms with E-state index in [4.69, 9.17) is 14.0 Å². The van der Waals surface area contributed by atoms with Crippen molar-refractivity contribution in [2.24, 2.45) is 5.92 Å². The van der Waals surface area contributed by atoms with Gasteiger partial charge in [-0.25, -0.2) is 0 Å². The topological polar surface area (TPSA) is 106 Å². The number of H-pyrrole nitrogens is 1. The highest BCUT2D eigenvalue weighted by molar-refractivity contribution is 5.96. The second-order valence-corrected chi connectivity index (χ2v) is 9.82. The molecule has 1 N–H and O–H groups in total. The summed E-state index contributed by atoms with van der Waals surface area (Å²) in [5.74, 6) is 3.22. The van der Waals surface area contributed by atoms with Gasteiger partial charge >= 0.3 is 0 Å². The zero-order valence-electron chi connectivity index (χ0n) is 20.1. The molecule has 0 atom stereocenters. The first-order chi connectivity index (χ1) is 17.2. The quantitative estimate of drug-likeness (QED) is 0.599. The number of nitrogens with zero attached hydrogens (tertiary/aromatic N) is 4. The van der Waals surface area contributed by atoms with Crippen molar-refractivity contribution in [3.8, 4) is 17.0 Å². The number of methoxy groups -OCH3 is 1. The number of aromatic nitrogens is 4. The van der Waals surface area contributed by atoms with Gasteiger partial charge in [-0.1, -0.05) is 5.16 Å². The van der Waals surface area contributed by atoms with E-state index in [0.29, 0.717) is 23.4 Å². The molecule has 0 saturated carbocycles. The SMILES string of the molecule is COc1ccc2c(c1)CCc1c-2n[nH]c1C(=O)N1CCC(Cc2nc(C3CCOCC3)no2)CC1. The fraction of sp³-hybridized carbons (Fsp3) is 0.538. The molecule has 3 aromatic rings. The summed E-state index contributed by atoms with van der Waals surface area (Å²) >= 11 is 0.